The van der Waals surface area contributed by atoms with E-state index in [0.29, 0.717) is 24.4 Å². The second-order valence-electron chi connectivity index (χ2n) is 6.83. The van der Waals surface area contributed by atoms with Crippen molar-refractivity contribution in [2.45, 2.75) is 20.4 Å². The van der Waals surface area contributed by atoms with Gasteiger partial charge in [0.2, 0.25) is 0 Å². The SMILES string of the molecule is COCCn1c(-c2ccccc2)nc2sc(C)c(-c3ccc(C)cc3)c2c1=O. The quantitative estimate of drug-likeness (QED) is 0.479. The second kappa shape index (κ2) is 7.70. The van der Waals surface area contributed by atoms with Gasteiger partial charge in [-0.1, -0.05) is 60.2 Å². The van der Waals surface area contributed by atoms with Gasteiger partial charge in [0.1, 0.15) is 10.7 Å². The first-order chi connectivity index (χ1) is 13.6. The fourth-order valence-electron chi connectivity index (χ4n) is 3.46. The van der Waals surface area contributed by atoms with Crippen LogP contribution in [0.4, 0.5) is 0 Å². The van der Waals surface area contributed by atoms with E-state index in [9.17, 15) is 4.79 Å². The normalized spacial score (nSPS) is 11.2. The van der Waals surface area contributed by atoms with Crippen molar-refractivity contribution in [3.8, 4) is 22.5 Å². The molecular formula is C23H22N2O2S. The lowest BCUT2D eigenvalue weighted by Gasteiger charge is -2.13. The lowest BCUT2D eigenvalue weighted by atomic mass is 10.0. The van der Waals surface area contributed by atoms with E-state index in [1.54, 1.807) is 23.0 Å². The van der Waals surface area contributed by atoms with Crippen LogP contribution in [0.1, 0.15) is 10.4 Å². The highest BCUT2D eigenvalue weighted by Gasteiger charge is 2.20. The van der Waals surface area contributed by atoms with Crippen molar-refractivity contribution in [3.63, 3.8) is 0 Å². The minimum Gasteiger partial charge on any atom is -0.383 e. The molecule has 2 aromatic heterocycles. The number of benzene rings is 2. The third kappa shape index (κ3) is 3.28. The van der Waals surface area contributed by atoms with E-state index < -0.39 is 0 Å². The zero-order chi connectivity index (χ0) is 19.7. The standard InChI is InChI=1S/C23H22N2O2S/c1-15-9-11-17(12-10-15)19-16(2)28-22-20(19)23(26)25(13-14-27-3)21(24-22)18-7-5-4-6-8-18/h4-12H,13-14H2,1-3H3. The van der Waals surface area contributed by atoms with E-state index in [-0.39, 0.29) is 5.56 Å². The van der Waals surface area contributed by atoms with Crippen molar-refractivity contribution in [1.29, 1.82) is 0 Å². The average Bonchev–Trinajstić information content (AvgIpc) is 3.04. The average molecular weight is 391 g/mol. The number of aromatic nitrogens is 2. The summed E-state index contributed by atoms with van der Waals surface area (Å²) in [6, 6.07) is 18.2. The third-order valence-corrected chi connectivity index (χ3v) is 5.88. The summed E-state index contributed by atoms with van der Waals surface area (Å²) in [7, 11) is 1.64. The highest BCUT2D eigenvalue weighted by Crippen LogP contribution is 2.36. The molecule has 0 spiro atoms. The van der Waals surface area contributed by atoms with Crippen LogP contribution in [-0.2, 0) is 11.3 Å². The summed E-state index contributed by atoms with van der Waals surface area (Å²) in [5.74, 6) is 0.687. The second-order valence-corrected chi connectivity index (χ2v) is 8.03. The van der Waals surface area contributed by atoms with Crippen LogP contribution in [0.5, 0.6) is 0 Å². The largest absolute Gasteiger partial charge is 0.383 e. The molecule has 5 heteroatoms. The maximum atomic E-state index is 13.6. The van der Waals surface area contributed by atoms with E-state index in [1.807, 2.05) is 30.3 Å². The Kier molecular flexibility index (Phi) is 5.11. The minimum absolute atomic E-state index is 0.0131. The first-order valence-electron chi connectivity index (χ1n) is 9.25. The number of hydrogen-bond acceptors (Lipinski definition) is 4. The van der Waals surface area contributed by atoms with E-state index >= 15 is 0 Å². The number of fused-ring (bicyclic) bond motifs is 1. The van der Waals surface area contributed by atoms with Crippen LogP contribution < -0.4 is 5.56 Å². The number of aryl methyl sites for hydroxylation is 2. The van der Waals surface area contributed by atoms with Gasteiger partial charge in [0.15, 0.2) is 0 Å². The van der Waals surface area contributed by atoms with E-state index in [1.165, 1.54) is 5.56 Å². The molecule has 4 nitrogen and oxygen atoms in total. The van der Waals surface area contributed by atoms with Crippen molar-refractivity contribution in [1.82, 2.24) is 9.55 Å². The smallest absolute Gasteiger partial charge is 0.263 e. The molecule has 4 aromatic rings. The summed E-state index contributed by atoms with van der Waals surface area (Å²) >= 11 is 1.58. The first kappa shape index (κ1) is 18.6. The topological polar surface area (TPSA) is 44.1 Å². The Morgan fingerprint density at radius 2 is 1.71 bits per heavy atom. The molecule has 0 saturated carbocycles. The maximum absolute atomic E-state index is 13.6. The van der Waals surface area contributed by atoms with Gasteiger partial charge in [-0.05, 0) is 19.4 Å². The van der Waals surface area contributed by atoms with Gasteiger partial charge in [0, 0.05) is 23.1 Å². The Morgan fingerprint density at radius 1 is 1.00 bits per heavy atom. The molecule has 2 heterocycles. The van der Waals surface area contributed by atoms with Gasteiger partial charge in [-0.2, -0.15) is 0 Å². The van der Waals surface area contributed by atoms with Crippen molar-refractivity contribution < 1.29 is 4.74 Å². The molecule has 0 fully saturated rings. The summed E-state index contributed by atoms with van der Waals surface area (Å²) < 4.78 is 6.99. The van der Waals surface area contributed by atoms with E-state index in [0.717, 1.165) is 26.4 Å². The summed E-state index contributed by atoms with van der Waals surface area (Å²) in [6.45, 7) is 5.04. The Hall–Kier alpha value is -2.76. The third-order valence-electron chi connectivity index (χ3n) is 4.88. The molecule has 0 N–H and O–H groups in total. The fraction of sp³-hybridized carbons (Fsp3) is 0.217. The van der Waals surface area contributed by atoms with Crippen LogP contribution >= 0.6 is 11.3 Å². The molecular weight excluding hydrogens is 368 g/mol. The minimum atomic E-state index is -0.0131. The molecule has 0 aliphatic rings. The van der Waals surface area contributed by atoms with E-state index in [2.05, 4.69) is 38.1 Å². The van der Waals surface area contributed by atoms with Crippen LogP contribution in [0.2, 0.25) is 0 Å². The number of rotatable bonds is 5. The summed E-state index contributed by atoms with van der Waals surface area (Å²) in [5.41, 5.74) is 4.16. The Bertz CT molecular complexity index is 1180. The number of hydrogen-bond donors (Lipinski definition) is 0. The van der Waals surface area contributed by atoms with Crippen molar-refractivity contribution in [2.24, 2.45) is 0 Å². The van der Waals surface area contributed by atoms with Gasteiger partial charge in [0.05, 0.1) is 18.5 Å². The monoisotopic (exact) mass is 390 g/mol. The molecule has 0 unspecified atom stereocenters. The number of methoxy groups -OCH3 is 1. The lowest BCUT2D eigenvalue weighted by Crippen LogP contribution is -2.25. The van der Waals surface area contributed by atoms with Gasteiger partial charge in [-0.3, -0.25) is 9.36 Å². The van der Waals surface area contributed by atoms with Gasteiger partial charge in [-0.15, -0.1) is 11.3 Å². The summed E-state index contributed by atoms with van der Waals surface area (Å²) in [6.07, 6.45) is 0. The lowest BCUT2D eigenvalue weighted by molar-refractivity contribution is 0.186. The zero-order valence-corrected chi connectivity index (χ0v) is 17.0. The molecule has 0 saturated heterocycles. The Morgan fingerprint density at radius 3 is 2.39 bits per heavy atom. The molecule has 0 aliphatic carbocycles. The molecule has 4 rings (SSSR count). The van der Waals surface area contributed by atoms with Crippen molar-refractivity contribution in [3.05, 3.63) is 75.4 Å². The van der Waals surface area contributed by atoms with Crippen LogP contribution in [0.25, 0.3) is 32.7 Å². The molecule has 28 heavy (non-hydrogen) atoms. The fourth-order valence-corrected chi connectivity index (χ4v) is 4.50. The number of ether oxygens (including phenoxy) is 1. The maximum Gasteiger partial charge on any atom is 0.263 e. The first-order valence-corrected chi connectivity index (χ1v) is 10.1. The molecule has 0 atom stereocenters. The van der Waals surface area contributed by atoms with Crippen LogP contribution in [0.15, 0.2) is 59.4 Å². The van der Waals surface area contributed by atoms with Crippen molar-refractivity contribution in [2.75, 3.05) is 13.7 Å². The molecule has 2 aromatic carbocycles. The molecule has 0 bridgehead atoms. The van der Waals surface area contributed by atoms with Gasteiger partial charge < -0.3 is 4.74 Å². The number of thiophene rings is 1. The predicted octanol–water partition coefficient (Wildman–Crippen LogP) is 5.06. The van der Waals surface area contributed by atoms with E-state index in [4.69, 9.17) is 9.72 Å². The van der Waals surface area contributed by atoms with Crippen LogP contribution in [-0.4, -0.2) is 23.3 Å². The highest BCUT2D eigenvalue weighted by atomic mass is 32.1. The van der Waals surface area contributed by atoms with Gasteiger partial charge in [0.25, 0.3) is 5.56 Å². The summed E-state index contributed by atoms with van der Waals surface area (Å²) in [4.78, 5) is 20.4. The Balaban J connectivity index is 2.01. The van der Waals surface area contributed by atoms with Gasteiger partial charge >= 0.3 is 0 Å². The van der Waals surface area contributed by atoms with Crippen molar-refractivity contribution >= 4 is 21.6 Å². The van der Waals surface area contributed by atoms with Crippen LogP contribution in [0.3, 0.4) is 0 Å². The zero-order valence-electron chi connectivity index (χ0n) is 16.2. The van der Waals surface area contributed by atoms with Gasteiger partial charge in [-0.25, -0.2) is 4.98 Å². The molecule has 0 amide bonds. The molecule has 0 aliphatic heterocycles. The predicted molar refractivity (Wildman–Crippen MR) is 116 cm³/mol. The highest BCUT2D eigenvalue weighted by molar-refractivity contribution is 7.19. The number of nitrogens with zero attached hydrogens (tertiary/aromatic N) is 2. The Labute approximate surface area is 168 Å². The molecule has 142 valence electrons. The summed E-state index contributed by atoms with van der Waals surface area (Å²) in [5, 5.41) is 0.696. The van der Waals surface area contributed by atoms with Crippen LogP contribution in [0, 0.1) is 13.8 Å². The molecule has 0 radical (unpaired) electrons.